The van der Waals surface area contributed by atoms with Crippen molar-refractivity contribution in [2.24, 2.45) is 5.73 Å². The standard InChI is InChI=1S/C9H11FN2O2/c10-5-1-2-6(7(11)3-5)8(12)4-9(13)14/h1-3,8H,4,11-12H2,(H,13,14). The van der Waals surface area contributed by atoms with E-state index in [-0.39, 0.29) is 12.1 Å². The summed E-state index contributed by atoms with van der Waals surface area (Å²) in [6.45, 7) is 0. The van der Waals surface area contributed by atoms with Crippen molar-refractivity contribution < 1.29 is 14.3 Å². The number of carbonyl (C=O) groups is 1. The van der Waals surface area contributed by atoms with Gasteiger partial charge in [0.2, 0.25) is 0 Å². The molecule has 0 amide bonds. The van der Waals surface area contributed by atoms with Gasteiger partial charge in [-0.3, -0.25) is 4.79 Å². The number of anilines is 1. The summed E-state index contributed by atoms with van der Waals surface area (Å²) in [5.74, 6) is -1.48. The maximum absolute atomic E-state index is 12.6. The van der Waals surface area contributed by atoms with Crippen molar-refractivity contribution in [1.29, 1.82) is 0 Å². The van der Waals surface area contributed by atoms with Gasteiger partial charge in [-0.15, -0.1) is 0 Å². The zero-order chi connectivity index (χ0) is 10.7. The summed E-state index contributed by atoms with van der Waals surface area (Å²) in [7, 11) is 0. The molecule has 1 aromatic carbocycles. The van der Waals surface area contributed by atoms with Crippen LogP contribution in [0.4, 0.5) is 10.1 Å². The summed E-state index contributed by atoms with van der Waals surface area (Å²) in [4.78, 5) is 10.4. The van der Waals surface area contributed by atoms with Crippen molar-refractivity contribution in [3.8, 4) is 0 Å². The Kier molecular flexibility index (Phi) is 3.03. The van der Waals surface area contributed by atoms with Crippen molar-refractivity contribution in [2.45, 2.75) is 12.5 Å². The molecule has 0 radical (unpaired) electrons. The van der Waals surface area contributed by atoms with Gasteiger partial charge in [0.1, 0.15) is 5.82 Å². The van der Waals surface area contributed by atoms with Crippen LogP contribution in [0, 0.1) is 5.82 Å². The molecule has 0 aliphatic carbocycles. The summed E-state index contributed by atoms with van der Waals surface area (Å²) >= 11 is 0. The van der Waals surface area contributed by atoms with Gasteiger partial charge in [-0.25, -0.2) is 4.39 Å². The van der Waals surface area contributed by atoms with E-state index in [1.54, 1.807) is 0 Å². The van der Waals surface area contributed by atoms with Crippen molar-refractivity contribution in [3.63, 3.8) is 0 Å². The lowest BCUT2D eigenvalue weighted by molar-refractivity contribution is -0.137. The second-order valence-corrected chi connectivity index (χ2v) is 2.98. The van der Waals surface area contributed by atoms with Crippen LogP contribution in [0.1, 0.15) is 18.0 Å². The van der Waals surface area contributed by atoms with E-state index < -0.39 is 17.8 Å². The van der Waals surface area contributed by atoms with Crippen LogP contribution in [0.3, 0.4) is 0 Å². The van der Waals surface area contributed by atoms with Crippen LogP contribution >= 0.6 is 0 Å². The smallest absolute Gasteiger partial charge is 0.305 e. The lowest BCUT2D eigenvalue weighted by Gasteiger charge is -2.11. The molecule has 4 nitrogen and oxygen atoms in total. The maximum Gasteiger partial charge on any atom is 0.305 e. The third-order valence-electron chi connectivity index (χ3n) is 1.84. The number of hydrogen-bond donors (Lipinski definition) is 3. The first-order valence-corrected chi connectivity index (χ1v) is 4.03. The predicted molar refractivity (Wildman–Crippen MR) is 50.0 cm³/mol. The van der Waals surface area contributed by atoms with E-state index in [4.69, 9.17) is 16.6 Å². The van der Waals surface area contributed by atoms with Crippen LogP contribution in [0.2, 0.25) is 0 Å². The fraction of sp³-hybridized carbons (Fsp3) is 0.222. The zero-order valence-corrected chi connectivity index (χ0v) is 7.40. The van der Waals surface area contributed by atoms with Gasteiger partial charge in [0.05, 0.1) is 6.42 Å². The first-order valence-electron chi connectivity index (χ1n) is 4.03. The maximum atomic E-state index is 12.6. The molecule has 0 saturated heterocycles. The van der Waals surface area contributed by atoms with Gasteiger partial charge >= 0.3 is 5.97 Å². The van der Waals surface area contributed by atoms with Crippen LogP contribution in [0.5, 0.6) is 0 Å². The van der Waals surface area contributed by atoms with Gasteiger partial charge in [-0.1, -0.05) is 6.07 Å². The van der Waals surface area contributed by atoms with Crippen molar-refractivity contribution in [2.75, 3.05) is 5.73 Å². The molecule has 0 aliphatic heterocycles. The second kappa shape index (κ2) is 4.06. The number of nitrogen functional groups attached to an aromatic ring is 1. The third kappa shape index (κ3) is 2.43. The summed E-state index contributed by atoms with van der Waals surface area (Å²) in [5, 5.41) is 8.50. The molecule has 0 saturated carbocycles. The van der Waals surface area contributed by atoms with Gasteiger partial charge in [-0.05, 0) is 17.7 Å². The van der Waals surface area contributed by atoms with E-state index in [0.29, 0.717) is 5.56 Å². The number of hydrogen-bond acceptors (Lipinski definition) is 3. The largest absolute Gasteiger partial charge is 0.481 e. The minimum atomic E-state index is -1.01. The molecule has 76 valence electrons. The van der Waals surface area contributed by atoms with E-state index in [2.05, 4.69) is 0 Å². The number of carboxylic acids is 1. The molecule has 0 aliphatic rings. The van der Waals surface area contributed by atoms with E-state index in [1.165, 1.54) is 12.1 Å². The summed E-state index contributed by atoms with van der Waals surface area (Å²) in [5.41, 5.74) is 11.7. The van der Waals surface area contributed by atoms with Crippen LogP contribution in [0.15, 0.2) is 18.2 Å². The summed E-state index contributed by atoms with van der Waals surface area (Å²) in [6.07, 6.45) is -0.226. The molecule has 0 bridgehead atoms. The monoisotopic (exact) mass is 198 g/mol. The van der Waals surface area contributed by atoms with Gasteiger partial charge in [0.25, 0.3) is 0 Å². The number of rotatable bonds is 3. The molecular formula is C9H11FN2O2. The SMILES string of the molecule is Nc1cc(F)ccc1C(N)CC(=O)O. The molecule has 1 rings (SSSR count). The first-order chi connectivity index (χ1) is 6.50. The fourth-order valence-electron chi connectivity index (χ4n) is 1.18. The second-order valence-electron chi connectivity index (χ2n) is 2.98. The van der Waals surface area contributed by atoms with Gasteiger partial charge < -0.3 is 16.6 Å². The normalized spacial score (nSPS) is 12.4. The fourth-order valence-corrected chi connectivity index (χ4v) is 1.18. The summed E-state index contributed by atoms with van der Waals surface area (Å²) < 4.78 is 12.6. The Hall–Kier alpha value is -1.62. The lowest BCUT2D eigenvalue weighted by Crippen LogP contribution is -2.16. The molecule has 5 heteroatoms. The number of benzene rings is 1. The molecule has 0 spiro atoms. The highest BCUT2D eigenvalue weighted by atomic mass is 19.1. The zero-order valence-electron chi connectivity index (χ0n) is 7.40. The highest BCUT2D eigenvalue weighted by Gasteiger charge is 2.13. The molecule has 14 heavy (non-hydrogen) atoms. The quantitative estimate of drug-likeness (QED) is 0.629. The molecule has 1 unspecified atom stereocenters. The topological polar surface area (TPSA) is 89.3 Å². The van der Waals surface area contributed by atoms with E-state index in [9.17, 15) is 9.18 Å². The number of halogens is 1. The number of nitrogens with two attached hydrogens (primary N) is 2. The Labute approximate surface area is 80.3 Å². The minimum absolute atomic E-state index is 0.179. The van der Waals surface area contributed by atoms with Crippen molar-refractivity contribution in [1.82, 2.24) is 0 Å². The molecule has 0 heterocycles. The Balaban J connectivity index is 2.90. The number of aliphatic carboxylic acids is 1. The highest BCUT2D eigenvalue weighted by Crippen LogP contribution is 2.21. The van der Waals surface area contributed by atoms with Crippen LogP contribution in [0.25, 0.3) is 0 Å². The van der Waals surface area contributed by atoms with Crippen LogP contribution in [-0.4, -0.2) is 11.1 Å². The Morgan fingerprint density at radius 2 is 2.21 bits per heavy atom. The molecule has 1 atom stereocenters. The van der Waals surface area contributed by atoms with E-state index in [1.807, 2.05) is 0 Å². The van der Waals surface area contributed by atoms with E-state index >= 15 is 0 Å². The molecule has 0 fully saturated rings. The Morgan fingerprint density at radius 1 is 1.57 bits per heavy atom. The number of carboxylic acid groups (broad SMARTS) is 1. The minimum Gasteiger partial charge on any atom is -0.481 e. The molecule has 5 N–H and O–H groups in total. The lowest BCUT2D eigenvalue weighted by atomic mass is 10.0. The van der Waals surface area contributed by atoms with E-state index in [0.717, 1.165) is 6.07 Å². The Morgan fingerprint density at radius 3 is 2.71 bits per heavy atom. The summed E-state index contributed by atoms with van der Waals surface area (Å²) in [6, 6.07) is 3.02. The van der Waals surface area contributed by atoms with Gasteiger partial charge in [0.15, 0.2) is 0 Å². The third-order valence-corrected chi connectivity index (χ3v) is 1.84. The average molecular weight is 198 g/mol. The molecule has 0 aromatic heterocycles. The first kappa shape index (κ1) is 10.5. The van der Waals surface area contributed by atoms with Crippen LogP contribution in [-0.2, 0) is 4.79 Å². The predicted octanol–water partition coefficient (Wildman–Crippen LogP) is 0.882. The molecule has 1 aromatic rings. The van der Waals surface area contributed by atoms with Crippen LogP contribution < -0.4 is 11.5 Å². The van der Waals surface area contributed by atoms with Gasteiger partial charge in [0, 0.05) is 11.7 Å². The highest BCUT2D eigenvalue weighted by molar-refractivity contribution is 5.68. The van der Waals surface area contributed by atoms with Crippen molar-refractivity contribution in [3.05, 3.63) is 29.6 Å². The molecular weight excluding hydrogens is 187 g/mol. The average Bonchev–Trinajstić information content (AvgIpc) is 2.01. The van der Waals surface area contributed by atoms with Crippen molar-refractivity contribution >= 4 is 11.7 Å². The Bertz CT molecular complexity index is 355. The van der Waals surface area contributed by atoms with Gasteiger partial charge in [-0.2, -0.15) is 0 Å².